The van der Waals surface area contributed by atoms with Crippen LogP contribution in [0.5, 0.6) is 0 Å². The molecule has 0 unspecified atom stereocenters. The fraction of sp³-hybridized carbons (Fsp3) is 0.0750. The summed E-state index contributed by atoms with van der Waals surface area (Å²) in [6, 6.07) is 37.3. The van der Waals surface area contributed by atoms with Crippen molar-refractivity contribution < 1.29 is 0 Å². The second kappa shape index (κ2) is 13.1. The van der Waals surface area contributed by atoms with E-state index in [0.29, 0.717) is 0 Å². The Morgan fingerprint density at radius 3 is 1.88 bits per heavy atom. The van der Waals surface area contributed by atoms with Crippen LogP contribution >= 0.6 is 0 Å². The number of rotatable bonds is 8. The normalized spacial score (nSPS) is 13.1. The van der Waals surface area contributed by atoms with E-state index in [4.69, 9.17) is 0 Å². The molecule has 0 aliphatic carbocycles. The molecule has 2 heterocycles. The van der Waals surface area contributed by atoms with Crippen molar-refractivity contribution in [3.8, 4) is 44.5 Å². The highest BCUT2D eigenvalue weighted by Gasteiger charge is 2.11. The Bertz CT molecular complexity index is 1860. The van der Waals surface area contributed by atoms with Gasteiger partial charge in [-0.05, 0) is 111 Å². The van der Waals surface area contributed by atoms with Gasteiger partial charge < -0.3 is 10.6 Å². The average Bonchev–Trinajstić information content (AvgIpc) is 3.09. The molecule has 4 aromatic carbocycles. The first-order valence-electron chi connectivity index (χ1n) is 14.7. The molecule has 0 spiro atoms. The topological polar surface area (TPSA) is 37.0 Å². The minimum Gasteiger partial charge on any atom is -0.393 e. The molecule has 2 N–H and O–H groups in total. The number of benzene rings is 4. The van der Waals surface area contributed by atoms with Gasteiger partial charge in [-0.25, -0.2) is 0 Å². The molecule has 43 heavy (non-hydrogen) atoms. The molecule has 0 radical (unpaired) electrons. The lowest BCUT2D eigenvalue weighted by Gasteiger charge is -2.15. The molecule has 1 aromatic heterocycles. The summed E-state index contributed by atoms with van der Waals surface area (Å²) >= 11 is 0. The summed E-state index contributed by atoms with van der Waals surface area (Å²) in [5.74, 6) is 0. The predicted molar refractivity (Wildman–Crippen MR) is 183 cm³/mol. The van der Waals surface area contributed by atoms with E-state index in [-0.39, 0.29) is 0 Å². The van der Waals surface area contributed by atoms with Crippen LogP contribution in [0.2, 0.25) is 0 Å². The van der Waals surface area contributed by atoms with Crippen LogP contribution < -0.4 is 10.6 Å². The maximum Gasteiger partial charge on any atom is 0.0346 e. The smallest absolute Gasteiger partial charge is 0.0346 e. The van der Waals surface area contributed by atoms with Crippen LogP contribution in [0.4, 0.5) is 0 Å². The van der Waals surface area contributed by atoms with E-state index in [2.05, 4.69) is 143 Å². The number of dihydropyridines is 1. The van der Waals surface area contributed by atoms with Crippen LogP contribution in [-0.4, -0.2) is 18.6 Å². The molecule has 3 heteroatoms. The van der Waals surface area contributed by atoms with Crippen LogP contribution in [0.25, 0.3) is 55.7 Å². The number of allylic oxidation sites excluding steroid dienone is 5. The molecule has 6 rings (SSSR count). The van der Waals surface area contributed by atoms with Gasteiger partial charge in [-0.1, -0.05) is 85.0 Å². The molecule has 1 aliphatic heterocycles. The Labute approximate surface area is 254 Å². The molecule has 5 aromatic rings. The van der Waals surface area contributed by atoms with Gasteiger partial charge in [-0.15, -0.1) is 0 Å². The first kappa shape index (κ1) is 27.7. The lowest BCUT2D eigenvalue weighted by Crippen LogP contribution is -2.08. The molecular weight excluding hydrogens is 522 g/mol. The number of nitrogens with zero attached hydrogens (tertiary/aromatic N) is 1. The predicted octanol–water partition coefficient (Wildman–Crippen LogP) is 9.39. The highest BCUT2D eigenvalue weighted by molar-refractivity contribution is 5.86. The molecular formula is C40H35N3. The van der Waals surface area contributed by atoms with E-state index >= 15 is 0 Å². The van der Waals surface area contributed by atoms with Crippen molar-refractivity contribution in [1.29, 1.82) is 0 Å². The van der Waals surface area contributed by atoms with Crippen molar-refractivity contribution in [1.82, 2.24) is 15.6 Å². The molecule has 0 saturated heterocycles. The zero-order valence-electron chi connectivity index (χ0n) is 24.6. The van der Waals surface area contributed by atoms with Gasteiger partial charge in [0, 0.05) is 43.9 Å². The van der Waals surface area contributed by atoms with Gasteiger partial charge in [0.05, 0.1) is 0 Å². The van der Waals surface area contributed by atoms with Crippen molar-refractivity contribution >= 4 is 11.1 Å². The summed E-state index contributed by atoms with van der Waals surface area (Å²) in [5, 5.41) is 6.53. The molecule has 0 bridgehead atoms. The molecule has 0 fully saturated rings. The van der Waals surface area contributed by atoms with Crippen molar-refractivity contribution in [2.24, 2.45) is 0 Å². The maximum absolute atomic E-state index is 4.34. The molecule has 0 atom stereocenters. The Kier molecular flexibility index (Phi) is 8.42. The van der Waals surface area contributed by atoms with Crippen LogP contribution in [-0.2, 0) is 0 Å². The molecule has 1 aliphatic rings. The van der Waals surface area contributed by atoms with E-state index in [9.17, 15) is 0 Å². The Morgan fingerprint density at radius 2 is 1.28 bits per heavy atom. The summed E-state index contributed by atoms with van der Waals surface area (Å²) < 4.78 is 0. The molecule has 3 nitrogen and oxygen atoms in total. The quantitative estimate of drug-likeness (QED) is 0.187. The third-order valence-corrected chi connectivity index (χ3v) is 7.62. The standard InChI is InChI=1S/C40H35N3/c1-3-9-35(26-41-2)29-10-4-13-32(20-29)38-23-39(33-14-5-11-30(21-33)36-16-7-18-42-27-36)25-40(24-38)34-15-6-12-31(22-34)37-17-8-19-43-28-37/h3-18,20-28,41,43H,19H2,1-2H3/b9-3-,35-26+. The second-order valence-corrected chi connectivity index (χ2v) is 10.6. The largest absolute Gasteiger partial charge is 0.393 e. The number of nitrogens with one attached hydrogen (secondary N) is 2. The number of pyridine rings is 1. The van der Waals surface area contributed by atoms with Crippen molar-refractivity contribution in [3.63, 3.8) is 0 Å². The highest BCUT2D eigenvalue weighted by Crippen LogP contribution is 2.36. The fourth-order valence-corrected chi connectivity index (χ4v) is 5.51. The minimum atomic E-state index is 0.866. The summed E-state index contributed by atoms with van der Waals surface area (Å²) in [7, 11) is 1.94. The van der Waals surface area contributed by atoms with Crippen LogP contribution in [0.15, 0.2) is 152 Å². The van der Waals surface area contributed by atoms with Gasteiger partial charge in [0.15, 0.2) is 0 Å². The van der Waals surface area contributed by atoms with Gasteiger partial charge in [0.25, 0.3) is 0 Å². The third kappa shape index (κ3) is 6.42. The first-order valence-corrected chi connectivity index (χ1v) is 14.7. The number of hydrogen-bond donors (Lipinski definition) is 2. The SMILES string of the molecule is C/C=C\C(=C/NC)c1cccc(-c2cc(-c3cccc(C4=CNCC=C4)c3)cc(-c3cccc(-c4cccnc4)c3)c2)c1. The van der Waals surface area contributed by atoms with Gasteiger partial charge >= 0.3 is 0 Å². The van der Waals surface area contributed by atoms with Gasteiger partial charge in [-0.3, -0.25) is 4.98 Å². The summed E-state index contributed by atoms with van der Waals surface area (Å²) in [4.78, 5) is 4.34. The third-order valence-electron chi connectivity index (χ3n) is 7.62. The van der Waals surface area contributed by atoms with E-state index in [1.165, 1.54) is 50.1 Å². The lowest BCUT2D eigenvalue weighted by atomic mass is 9.90. The van der Waals surface area contributed by atoms with E-state index in [1.54, 1.807) is 0 Å². The molecule has 0 amide bonds. The van der Waals surface area contributed by atoms with Crippen LogP contribution in [0.1, 0.15) is 18.1 Å². The average molecular weight is 558 g/mol. The lowest BCUT2D eigenvalue weighted by molar-refractivity contribution is 0.976. The minimum absolute atomic E-state index is 0.866. The first-order chi connectivity index (χ1) is 21.2. The molecule has 0 saturated carbocycles. The van der Waals surface area contributed by atoms with Crippen molar-refractivity contribution in [2.45, 2.75) is 6.92 Å². The summed E-state index contributed by atoms with van der Waals surface area (Å²) in [6.07, 6.45) is 16.4. The van der Waals surface area contributed by atoms with Gasteiger partial charge in [0.2, 0.25) is 0 Å². The fourth-order valence-electron chi connectivity index (χ4n) is 5.51. The van der Waals surface area contributed by atoms with Crippen LogP contribution in [0, 0.1) is 0 Å². The molecule has 210 valence electrons. The van der Waals surface area contributed by atoms with Crippen molar-refractivity contribution in [3.05, 3.63) is 163 Å². The summed E-state index contributed by atoms with van der Waals surface area (Å²) in [6.45, 7) is 2.91. The highest BCUT2D eigenvalue weighted by atomic mass is 14.8. The Morgan fingerprint density at radius 1 is 0.698 bits per heavy atom. The van der Waals surface area contributed by atoms with E-state index in [0.717, 1.165) is 23.2 Å². The number of hydrogen-bond acceptors (Lipinski definition) is 3. The second-order valence-electron chi connectivity index (χ2n) is 10.6. The zero-order chi connectivity index (χ0) is 29.4. The van der Waals surface area contributed by atoms with Gasteiger partial charge in [-0.2, -0.15) is 0 Å². The van der Waals surface area contributed by atoms with Crippen molar-refractivity contribution in [2.75, 3.05) is 13.6 Å². The van der Waals surface area contributed by atoms with Crippen LogP contribution in [0.3, 0.4) is 0 Å². The van der Waals surface area contributed by atoms with E-state index < -0.39 is 0 Å². The Hall–Kier alpha value is -5.41. The zero-order valence-corrected chi connectivity index (χ0v) is 24.6. The maximum atomic E-state index is 4.34. The van der Waals surface area contributed by atoms with Gasteiger partial charge in [0.1, 0.15) is 0 Å². The monoisotopic (exact) mass is 557 g/mol. The summed E-state index contributed by atoms with van der Waals surface area (Å²) in [5.41, 5.74) is 14.0. The van der Waals surface area contributed by atoms with E-state index in [1.807, 2.05) is 38.6 Å². The Balaban J connectivity index is 1.50. The number of aromatic nitrogens is 1.